The number of imidazole rings is 1. The Morgan fingerprint density at radius 2 is 2.00 bits per heavy atom. The largest absolute Gasteiger partial charge is 0.310 e. The van der Waals surface area contributed by atoms with Crippen molar-refractivity contribution in [2.45, 2.75) is 38.1 Å². The molecule has 0 radical (unpaired) electrons. The standard InChI is InChI=1S/C23H21N7O/c31-23(16-4-1-5-17(12-16)29-13-19(24-14-29)15-9-10-15)26-20-7-2-6-18(25-20)22-28-27-21-8-3-11-30(21)22/h1-2,4-7,12-15H,3,8-11H2,(H,25,26,31). The molecule has 1 saturated carbocycles. The highest BCUT2D eigenvalue weighted by Gasteiger charge is 2.26. The van der Waals surface area contributed by atoms with Gasteiger partial charge in [0.2, 0.25) is 0 Å². The van der Waals surface area contributed by atoms with Gasteiger partial charge in [-0.2, -0.15) is 0 Å². The van der Waals surface area contributed by atoms with Crippen molar-refractivity contribution < 1.29 is 4.79 Å². The maximum absolute atomic E-state index is 12.9. The minimum atomic E-state index is -0.208. The molecule has 0 spiro atoms. The number of fused-ring (bicyclic) bond motifs is 1. The molecule has 0 unspecified atom stereocenters. The Labute approximate surface area is 179 Å². The van der Waals surface area contributed by atoms with Gasteiger partial charge in [-0.05, 0) is 49.6 Å². The quantitative estimate of drug-likeness (QED) is 0.542. The first-order chi connectivity index (χ1) is 15.2. The SMILES string of the molecule is O=C(Nc1cccc(-c2nnc3n2CCC3)n1)c1cccc(-n2cnc(C3CC3)c2)c1. The number of nitrogens with one attached hydrogen (secondary N) is 1. The average Bonchev–Trinajstić information content (AvgIpc) is 3.18. The van der Waals surface area contributed by atoms with Crippen molar-refractivity contribution >= 4 is 11.7 Å². The number of pyridine rings is 1. The Hall–Kier alpha value is -3.81. The van der Waals surface area contributed by atoms with E-state index in [4.69, 9.17) is 0 Å². The third-order valence-corrected chi connectivity index (χ3v) is 5.83. The lowest BCUT2D eigenvalue weighted by molar-refractivity contribution is 0.102. The number of amides is 1. The van der Waals surface area contributed by atoms with Gasteiger partial charge in [-0.15, -0.1) is 10.2 Å². The summed E-state index contributed by atoms with van der Waals surface area (Å²) in [5.41, 5.74) is 3.30. The molecule has 3 aromatic heterocycles. The second-order valence-electron chi connectivity index (χ2n) is 8.09. The van der Waals surface area contributed by atoms with Crippen molar-refractivity contribution in [3.8, 4) is 17.2 Å². The minimum absolute atomic E-state index is 0.208. The number of aryl methyl sites for hydroxylation is 1. The molecular weight excluding hydrogens is 390 g/mol. The second kappa shape index (κ2) is 7.16. The molecule has 1 aliphatic carbocycles. The molecule has 1 aromatic carbocycles. The van der Waals surface area contributed by atoms with E-state index in [0.29, 0.717) is 23.0 Å². The van der Waals surface area contributed by atoms with Crippen LogP contribution < -0.4 is 5.32 Å². The lowest BCUT2D eigenvalue weighted by atomic mass is 10.2. The lowest BCUT2D eigenvalue weighted by Gasteiger charge is -2.08. The summed E-state index contributed by atoms with van der Waals surface area (Å²) in [4.78, 5) is 22.0. The van der Waals surface area contributed by atoms with Crippen molar-refractivity contribution in [2.24, 2.45) is 0 Å². The van der Waals surface area contributed by atoms with Gasteiger partial charge in [0, 0.05) is 36.3 Å². The number of carbonyl (C=O) groups is 1. The highest BCUT2D eigenvalue weighted by Crippen LogP contribution is 2.39. The van der Waals surface area contributed by atoms with Crippen molar-refractivity contribution in [2.75, 3.05) is 5.32 Å². The van der Waals surface area contributed by atoms with Crippen LogP contribution in [0.3, 0.4) is 0 Å². The lowest BCUT2D eigenvalue weighted by Crippen LogP contribution is -2.13. The maximum Gasteiger partial charge on any atom is 0.256 e. The molecule has 1 amide bonds. The van der Waals surface area contributed by atoms with Gasteiger partial charge in [0.15, 0.2) is 5.82 Å². The fraction of sp³-hybridized carbons (Fsp3) is 0.261. The van der Waals surface area contributed by atoms with Crippen LogP contribution in [0.1, 0.15) is 47.1 Å². The average molecular weight is 411 g/mol. The molecule has 1 aliphatic heterocycles. The smallest absolute Gasteiger partial charge is 0.256 e. The van der Waals surface area contributed by atoms with Crippen LogP contribution in [0, 0.1) is 0 Å². The van der Waals surface area contributed by atoms with Crippen molar-refractivity contribution in [1.29, 1.82) is 0 Å². The van der Waals surface area contributed by atoms with Gasteiger partial charge >= 0.3 is 0 Å². The summed E-state index contributed by atoms with van der Waals surface area (Å²) in [5, 5.41) is 11.4. The van der Waals surface area contributed by atoms with Gasteiger partial charge in [-0.3, -0.25) is 4.79 Å². The molecule has 1 N–H and O–H groups in total. The summed E-state index contributed by atoms with van der Waals surface area (Å²) in [7, 11) is 0. The zero-order chi connectivity index (χ0) is 20.8. The molecule has 6 rings (SSSR count). The number of nitrogens with zero attached hydrogens (tertiary/aromatic N) is 6. The third kappa shape index (κ3) is 3.39. The molecule has 8 nitrogen and oxygen atoms in total. The van der Waals surface area contributed by atoms with Crippen LogP contribution in [0.5, 0.6) is 0 Å². The number of aromatic nitrogens is 6. The van der Waals surface area contributed by atoms with Crippen LogP contribution in [0.15, 0.2) is 55.0 Å². The van der Waals surface area contributed by atoms with E-state index < -0.39 is 0 Å². The van der Waals surface area contributed by atoms with E-state index >= 15 is 0 Å². The topological polar surface area (TPSA) is 90.5 Å². The molecule has 1 fully saturated rings. The van der Waals surface area contributed by atoms with Crippen LogP contribution >= 0.6 is 0 Å². The Kier molecular flexibility index (Phi) is 4.15. The first-order valence-corrected chi connectivity index (χ1v) is 10.6. The Morgan fingerprint density at radius 3 is 2.90 bits per heavy atom. The molecule has 0 atom stereocenters. The minimum Gasteiger partial charge on any atom is -0.310 e. The summed E-state index contributed by atoms with van der Waals surface area (Å²) in [6.07, 6.45) is 8.30. The van der Waals surface area contributed by atoms with E-state index in [9.17, 15) is 4.79 Å². The molecule has 154 valence electrons. The van der Waals surface area contributed by atoms with Gasteiger partial charge in [-0.1, -0.05) is 12.1 Å². The van der Waals surface area contributed by atoms with Crippen molar-refractivity contribution in [3.63, 3.8) is 0 Å². The second-order valence-corrected chi connectivity index (χ2v) is 8.09. The number of hydrogen-bond donors (Lipinski definition) is 1. The van der Waals surface area contributed by atoms with E-state index in [2.05, 4.69) is 36.2 Å². The van der Waals surface area contributed by atoms with Gasteiger partial charge in [0.25, 0.3) is 5.91 Å². The number of anilines is 1. The molecule has 31 heavy (non-hydrogen) atoms. The normalized spacial score (nSPS) is 15.1. The Bertz CT molecular complexity index is 1280. The van der Waals surface area contributed by atoms with Crippen molar-refractivity contribution in [3.05, 3.63) is 72.1 Å². The summed E-state index contributed by atoms with van der Waals surface area (Å²) in [5.74, 6) is 2.62. The number of rotatable bonds is 5. The van der Waals surface area contributed by atoms with Crippen LogP contribution in [0.4, 0.5) is 5.82 Å². The zero-order valence-electron chi connectivity index (χ0n) is 16.9. The van der Waals surface area contributed by atoms with Crippen LogP contribution in [-0.2, 0) is 13.0 Å². The van der Waals surface area contributed by atoms with E-state index in [0.717, 1.165) is 42.4 Å². The van der Waals surface area contributed by atoms with E-state index in [-0.39, 0.29) is 5.91 Å². The number of hydrogen-bond acceptors (Lipinski definition) is 5. The summed E-state index contributed by atoms with van der Waals surface area (Å²) in [6, 6.07) is 13.1. The van der Waals surface area contributed by atoms with Gasteiger partial charge in [0.1, 0.15) is 17.3 Å². The van der Waals surface area contributed by atoms with E-state index in [1.54, 1.807) is 12.1 Å². The Morgan fingerprint density at radius 1 is 1.10 bits per heavy atom. The predicted octanol–water partition coefficient (Wildman–Crippen LogP) is 3.60. The summed E-state index contributed by atoms with van der Waals surface area (Å²) < 4.78 is 4.06. The molecule has 2 aliphatic rings. The van der Waals surface area contributed by atoms with Crippen molar-refractivity contribution in [1.82, 2.24) is 29.3 Å². The van der Waals surface area contributed by atoms with Gasteiger partial charge < -0.3 is 14.5 Å². The number of carbonyl (C=O) groups excluding carboxylic acids is 1. The fourth-order valence-corrected chi connectivity index (χ4v) is 4.03. The Balaban J connectivity index is 1.23. The molecule has 4 heterocycles. The predicted molar refractivity (Wildman–Crippen MR) is 115 cm³/mol. The zero-order valence-corrected chi connectivity index (χ0v) is 16.9. The first-order valence-electron chi connectivity index (χ1n) is 10.6. The third-order valence-electron chi connectivity index (χ3n) is 5.83. The summed E-state index contributed by atoms with van der Waals surface area (Å²) >= 11 is 0. The first kappa shape index (κ1) is 18.0. The molecule has 0 bridgehead atoms. The molecule has 4 aromatic rings. The highest BCUT2D eigenvalue weighted by atomic mass is 16.1. The molecule has 8 heteroatoms. The van der Waals surface area contributed by atoms with E-state index in [1.165, 1.54) is 12.8 Å². The fourth-order valence-electron chi connectivity index (χ4n) is 4.03. The number of benzene rings is 1. The van der Waals surface area contributed by atoms with Crippen LogP contribution in [-0.4, -0.2) is 35.2 Å². The summed E-state index contributed by atoms with van der Waals surface area (Å²) in [6.45, 7) is 0.902. The van der Waals surface area contributed by atoms with Crippen LogP contribution in [0.2, 0.25) is 0 Å². The van der Waals surface area contributed by atoms with Crippen LogP contribution in [0.25, 0.3) is 17.2 Å². The van der Waals surface area contributed by atoms with Gasteiger partial charge in [-0.25, -0.2) is 9.97 Å². The highest BCUT2D eigenvalue weighted by molar-refractivity contribution is 6.04. The van der Waals surface area contributed by atoms with Gasteiger partial charge in [0.05, 0.1) is 12.0 Å². The molecule has 0 saturated heterocycles. The maximum atomic E-state index is 12.9. The monoisotopic (exact) mass is 411 g/mol. The van der Waals surface area contributed by atoms with E-state index in [1.807, 2.05) is 41.2 Å². The molecular formula is C23H21N7O.